The second-order valence-corrected chi connectivity index (χ2v) is 3.14. The standard InChI is InChI=1S/C10H11N3O2/c1-15-10(14)8(11)9-6-2-4-12-7(6)3-5-13-9/h2-5,8,12H,11H2,1H3/t8-/m0/s1. The van der Waals surface area contributed by atoms with Crippen LogP contribution in [-0.2, 0) is 9.53 Å². The molecule has 15 heavy (non-hydrogen) atoms. The SMILES string of the molecule is COC(=O)[C@@H](N)c1nccc2[nH]ccc12. The molecule has 0 radical (unpaired) electrons. The van der Waals surface area contributed by atoms with E-state index in [0.717, 1.165) is 10.9 Å². The largest absolute Gasteiger partial charge is 0.468 e. The molecule has 2 aromatic heterocycles. The number of carbonyl (C=O) groups excluding carboxylic acids is 1. The molecule has 0 aliphatic rings. The molecule has 2 aromatic rings. The zero-order valence-electron chi connectivity index (χ0n) is 8.23. The van der Waals surface area contributed by atoms with Crippen LogP contribution in [0.3, 0.4) is 0 Å². The van der Waals surface area contributed by atoms with Crippen molar-refractivity contribution in [3.05, 3.63) is 30.2 Å². The topological polar surface area (TPSA) is 81.0 Å². The van der Waals surface area contributed by atoms with Gasteiger partial charge >= 0.3 is 5.97 Å². The van der Waals surface area contributed by atoms with E-state index in [-0.39, 0.29) is 0 Å². The first-order valence-electron chi connectivity index (χ1n) is 4.49. The molecule has 0 saturated heterocycles. The minimum atomic E-state index is -0.838. The summed E-state index contributed by atoms with van der Waals surface area (Å²) in [5.74, 6) is -0.490. The van der Waals surface area contributed by atoms with Crippen molar-refractivity contribution in [2.75, 3.05) is 7.11 Å². The van der Waals surface area contributed by atoms with Gasteiger partial charge in [-0.2, -0.15) is 0 Å². The van der Waals surface area contributed by atoms with E-state index >= 15 is 0 Å². The lowest BCUT2D eigenvalue weighted by Crippen LogP contribution is -2.23. The van der Waals surface area contributed by atoms with Crippen LogP contribution in [0.25, 0.3) is 10.9 Å². The molecule has 0 spiro atoms. The van der Waals surface area contributed by atoms with Gasteiger partial charge in [0, 0.05) is 23.3 Å². The number of ether oxygens (including phenoxy) is 1. The molecule has 0 aliphatic heterocycles. The Morgan fingerprint density at radius 2 is 2.40 bits per heavy atom. The third-order valence-electron chi connectivity index (χ3n) is 2.26. The van der Waals surface area contributed by atoms with E-state index in [0.29, 0.717) is 5.69 Å². The normalized spacial score (nSPS) is 12.7. The Morgan fingerprint density at radius 1 is 1.60 bits per heavy atom. The summed E-state index contributed by atoms with van der Waals surface area (Å²) in [6, 6.07) is 2.82. The fourth-order valence-electron chi connectivity index (χ4n) is 1.49. The van der Waals surface area contributed by atoms with Crippen LogP contribution in [0.5, 0.6) is 0 Å². The van der Waals surface area contributed by atoms with E-state index in [9.17, 15) is 4.79 Å². The van der Waals surface area contributed by atoms with Gasteiger partial charge in [-0.1, -0.05) is 0 Å². The van der Waals surface area contributed by atoms with Gasteiger partial charge in [0.15, 0.2) is 0 Å². The number of carbonyl (C=O) groups is 1. The van der Waals surface area contributed by atoms with E-state index in [1.807, 2.05) is 12.1 Å². The molecule has 2 heterocycles. The Kier molecular flexibility index (Phi) is 2.39. The number of nitrogens with two attached hydrogens (primary N) is 1. The summed E-state index contributed by atoms with van der Waals surface area (Å²) in [4.78, 5) is 18.4. The van der Waals surface area contributed by atoms with Gasteiger partial charge in [0.1, 0.15) is 6.04 Å². The number of esters is 1. The molecule has 1 atom stereocenters. The van der Waals surface area contributed by atoms with Crippen LogP contribution in [0.15, 0.2) is 24.5 Å². The van der Waals surface area contributed by atoms with E-state index in [1.165, 1.54) is 7.11 Å². The maximum Gasteiger partial charge on any atom is 0.328 e. The summed E-state index contributed by atoms with van der Waals surface area (Å²) in [5.41, 5.74) is 7.15. The van der Waals surface area contributed by atoms with Crippen molar-refractivity contribution in [3.8, 4) is 0 Å². The fourth-order valence-corrected chi connectivity index (χ4v) is 1.49. The van der Waals surface area contributed by atoms with Gasteiger partial charge in [-0.3, -0.25) is 4.98 Å². The van der Waals surface area contributed by atoms with Crippen LogP contribution in [0.2, 0.25) is 0 Å². The smallest absolute Gasteiger partial charge is 0.328 e. The molecule has 5 heteroatoms. The molecule has 2 rings (SSSR count). The number of nitrogens with one attached hydrogen (secondary N) is 1. The Hall–Kier alpha value is -1.88. The maximum atomic E-state index is 11.3. The van der Waals surface area contributed by atoms with Crippen LogP contribution in [-0.4, -0.2) is 23.0 Å². The van der Waals surface area contributed by atoms with Crippen molar-refractivity contribution in [2.45, 2.75) is 6.04 Å². The molecule has 0 aromatic carbocycles. The third-order valence-corrected chi connectivity index (χ3v) is 2.26. The lowest BCUT2D eigenvalue weighted by molar-refractivity contribution is -0.142. The third kappa shape index (κ3) is 1.57. The highest BCUT2D eigenvalue weighted by Crippen LogP contribution is 2.20. The van der Waals surface area contributed by atoms with E-state index in [1.54, 1.807) is 12.4 Å². The summed E-state index contributed by atoms with van der Waals surface area (Å²) in [6.07, 6.45) is 3.39. The summed E-state index contributed by atoms with van der Waals surface area (Å²) in [7, 11) is 1.31. The van der Waals surface area contributed by atoms with Crippen LogP contribution in [0.4, 0.5) is 0 Å². The quantitative estimate of drug-likeness (QED) is 0.708. The van der Waals surface area contributed by atoms with Gasteiger partial charge in [0.05, 0.1) is 12.8 Å². The van der Waals surface area contributed by atoms with Crippen molar-refractivity contribution < 1.29 is 9.53 Å². The molecular weight excluding hydrogens is 194 g/mol. The van der Waals surface area contributed by atoms with Crippen molar-refractivity contribution in [1.82, 2.24) is 9.97 Å². The number of fused-ring (bicyclic) bond motifs is 1. The number of rotatable bonds is 2. The molecule has 0 amide bonds. The first kappa shape index (κ1) is 9.67. The van der Waals surface area contributed by atoms with Crippen LogP contribution >= 0.6 is 0 Å². The Morgan fingerprint density at radius 3 is 3.13 bits per heavy atom. The van der Waals surface area contributed by atoms with E-state index in [4.69, 9.17) is 5.73 Å². The van der Waals surface area contributed by atoms with Gasteiger partial charge in [-0.25, -0.2) is 4.79 Å². The highest BCUT2D eigenvalue weighted by Gasteiger charge is 2.20. The highest BCUT2D eigenvalue weighted by molar-refractivity contribution is 5.87. The van der Waals surface area contributed by atoms with Gasteiger partial charge in [0.25, 0.3) is 0 Å². The lowest BCUT2D eigenvalue weighted by atomic mass is 10.1. The monoisotopic (exact) mass is 205 g/mol. The zero-order valence-corrected chi connectivity index (χ0v) is 8.23. The van der Waals surface area contributed by atoms with E-state index in [2.05, 4.69) is 14.7 Å². The Labute approximate surface area is 86.3 Å². The fraction of sp³-hybridized carbons (Fsp3) is 0.200. The number of nitrogens with zero attached hydrogens (tertiary/aromatic N) is 1. The maximum absolute atomic E-state index is 11.3. The molecule has 0 fully saturated rings. The minimum absolute atomic E-state index is 0.490. The molecule has 0 bridgehead atoms. The lowest BCUT2D eigenvalue weighted by Gasteiger charge is -2.09. The van der Waals surface area contributed by atoms with Gasteiger partial charge in [-0.05, 0) is 12.1 Å². The van der Waals surface area contributed by atoms with Crippen LogP contribution < -0.4 is 5.73 Å². The molecule has 0 saturated carbocycles. The molecule has 5 nitrogen and oxygen atoms in total. The Balaban J connectivity index is 2.51. The number of aromatic amines is 1. The average molecular weight is 205 g/mol. The number of H-pyrrole nitrogens is 1. The van der Waals surface area contributed by atoms with Gasteiger partial charge in [0.2, 0.25) is 0 Å². The van der Waals surface area contributed by atoms with Gasteiger partial charge < -0.3 is 15.5 Å². The van der Waals surface area contributed by atoms with Crippen molar-refractivity contribution in [1.29, 1.82) is 0 Å². The first-order chi connectivity index (χ1) is 7.24. The summed E-state index contributed by atoms with van der Waals surface area (Å²) in [5, 5.41) is 0.843. The molecule has 0 unspecified atom stereocenters. The molecular formula is C10H11N3O2. The minimum Gasteiger partial charge on any atom is -0.468 e. The summed E-state index contributed by atoms with van der Waals surface area (Å²) >= 11 is 0. The second-order valence-electron chi connectivity index (χ2n) is 3.14. The number of hydrogen-bond donors (Lipinski definition) is 2. The number of methoxy groups -OCH3 is 1. The Bertz CT molecular complexity index is 492. The number of pyridine rings is 1. The van der Waals surface area contributed by atoms with Gasteiger partial charge in [-0.15, -0.1) is 0 Å². The molecule has 78 valence electrons. The number of aromatic nitrogens is 2. The predicted octanol–water partition coefficient (Wildman–Crippen LogP) is 0.736. The van der Waals surface area contributed by atoms with Crippen LogP contribution in [0, 0.1) is 0 Å². The predicted molar refractivity (Wildman–Crippen MR) is 55.0 cm³/mol. The average Bonchev–Trinajstić information content (AvgIpc) is 2.74. The number of hydrogen-bond acceptors (Lipinski definition) is 4. The highest BCUT2D eigenvalue weighted by atomic mass is 16.5. The van der Waals surface area contributed by atoms with Crippen molar-refractivity contribution in [2.24, 2.45) is 5.73 Å². The summed E-state index contributed by atoms with van der Waals surface area (Å²) in [6.45, 7) is 0. The van der Waals surface area contributed by atoms with Crippen LogP contribution in [0.1, 0.15) is 11.7 Å². The zero-order chi connectivity index (χ0) is 10.8. The van der Waals surface area contributed by atoms with Crippen molar-refractivity contribution >= 4 is 16.9 Å². The summed E-state index contributed by atoms with van der Waals surface area (Å²) < 4.78 is 4.58. The first-order valence-corrected chi connectivity index (χ1v) is 4.49. The van der Waals surface area contributed by atoms with Crippen molar-refractivity contribution in [3.63, 3.8) is 0 Å². The molecule has 0 aliphatic carbocycles. The van der Waals surface area contributed by atoms with E-state index < -0.39 is 12.0 Å². The molecule has 3 N–H and O–H groups in total. The second kappa shape index (κ2) is 3.70.